The molecule has 3 rings (SSSR count). The number of carbonyl (C=O) groups excluding carboxylic acids is 1. The molecule has 0 saturated heterocycles. The molecular weight excluding hydrogens is 333 g/mol. The Kier molecular flexibility index (Phi) is 5.81. The summed E-state index contributed by atoms with van der Waals surface area (Å²) in [6.07, 6.45) is 0. The molecule has 1 aromatic heterocycles. The van der Waals surface area contributed by atoms with E-state index in [0.29, 0.717) is 25.5 Å². The number of benzene rings is 2. The van der Waals surface area contributed by atoms with Crippen molar-refractivity contribution in [3.8, 4) is 11.3 Å². The van der Waals surface area contributed by atoms with E-state index in [4.69, 9.17) is 9.15 Å². The van der Waals surface area contributed by atoms with Gasteiger partial charge >= 0.3 is 0 Å². The molecule has 0 fully saturated rings. The summed E-state index contributed by atoms with van der Waals surface area (Å²) < 4.78 is 23.9. The Balaban J connectivity index is 1.79. The molecule has 0 N–H and O–H groups in total. The van der Waals surface area contributed by atoms with Gasteiger partial charge in [-0.25, -0.2) is 4.39 Å². The average molecular weight is 353 g/mol. The summed E-state index contributed by atoms with van der Waals surface area (Å²) in [5, 5.41) is 0. The van der Waals surface area contributed by atoms with E-state index in [1.165, 1.54) is 12.1 Å². The van der Waals surface area contributed by atoms with Crippen LogP contribution in [0.25, 0.3) is 11.3 Å². The Morgan fingerprint density at radius 1 is 1.04 bits per heavy atom. The minimum absolute atomic E-state index is 0.209. The fourth-order valence-corrected chi connectivity index (χ4v) is 2.64. The van der Waals surface area contributed by atoms with Crippen LogP contribution in [0, 0.1) is 5.82 Å². The van der Waals surface area contributed by atoms with Crippen LogP contribution in [0.1, 0.15) is 16.1 Å². The maximum atomic E-state index is 13.1. The topological polar surface area (TPSA) is 42.7 Å². The second kappa shape index (κ2) is 8.45. The van der Waals surface area contributed by atoms with Gasteiger partial charge in [0.15, 0.2) is 5.76 Å². The third kappa shape index (κ3) is 4.37. The van der Waals surface area contributed by atoms with Gasteiger partial charge < -0.3 is 14.1 Å². The van der Waals surface area contributed by atoms with Gasteiger partial charge in [-0.3, -0.25) is 4.79 Å². The standard InChI is InChI=1S/C21H20FNO3/c1-25-14-13-23(15-16-5-3-2-4-6-16)21(24)20-12-11-19(26-20)17-7-9-18(22)10-8-17/h2-12H,13-15H2,1H3. The zero-order valence-electron chi connectivity index (χ0n) is 14.5. The number of rotatable bonds is 7. The SMILES string of the molecule is COCCN(Cc1ccccc1)C(=O)c1ccc(-c2ccc(F)cc2)o1. The van der Waals surface area contributed by atoms with Crippen LogP contribution < -0.4 is 0 Å². The number of hydrogen-bond acceptors (Lipinski definition) is 3. The van der Waals surface area contributed by atoms with Crippen molar-refractivity contribution in [2.45, 2.75) is 6.54 Å². The largest absolute Gasteiger partial charge is 0.451 e. The van der Waals surface area contributed by atoms with Gasteiger partial charge in [-0.1, -0.05) is 30.3 Å². The lowest BCUT2D eigenvalue weighted by Gasteiger charge is -2.21. The smallest absolute Gasteiger partial charge is 0.289 e. The second-order valence-electron chi connectivity index (χ2n) is 5.88. The summed E-state index contributed by atoms with van der Waals surface area (Å²) in [7, 11) is 1.60. The molecule has 0 aliphatic rings. The van der Waals surface area contributed by atoms with Crippen LogP contribution in [-0.2, 0) is 11.3 Å². The van der Waals surface area contributed by atoms with Crippen LogP contribution in [0.4, 0.5) is 4.39 Å². The molecule has 0 bridgehead atoms. The number of furan rings is 1. The van der Waals surface area contributed by atoms with E-state index in [1.54, 1.807) is 36.3 Å². The lowest BCUT2D eigenvalue weighted by atomic mass is 10.2. The molecule has 2 aromatic carbocycles. The zero-order chi connectivity index (χ0) is 18.4. The Morgan fingerprint density at radius 2 is 1.77 bits per heavy atom. The number of methoxy groups -OCH3 is 1. The van der Waals surface area contributed by atoms with Gasteiger partial charge in [-0.05, 0) is 42.0 Å². The molecule has 1 amide bonds. The van der Waals surface area contributed by atoms with Gasteiger partial charge in [0.05, 0.1) is 6.61 Å². The van der Waals surface area contributed by atoms with Gasteiger partial charge in [0.1, 0.15) is 11.6 Å². The van der Waals surface area contributed by atoms with Crippen molar-refractivity contribution in [2.24, 2.45) is 0 Å². The van der Waals surface area contributed by atoms with E-state index < -0.39 is 0 Å². The first-order valence-electron chi connectivity index (χ1n) is 8.35. The zero-order valence-corrected chi connectivity index (χ0v) is 14.5. The molecule has 0 spiro atoms. The first kappa shape index (κ1) is 17.9. The van der Waals surface area contributed by atoms with Crippen LogP contribution >= 0.6 is 0 Å². The maximum absolute atomic E-state index is 13.1. The van der Waals surface area contributed by atoms with Crippen molar-refractivity contribution in [1.82, 2.24) is 4.90 Å². The molecular formula is C21H20FNO3. The first-order chi connectivity index (χ1) is 12.7. The highest BCUT2D eigenvalue weighted by Gasteiger charge is 2.20. The summed E-state index contributed by atoms with van der Waals surface area (Å²) in [4.78, 5) is 14.6. The molecule has 134 valence electrons. The predicted octanol–water partition coefficient (Wildman–Crippen LogP) is 4.37. The number of halogens is 1. The van der Waals surface area contributed by atoms with Crippen molar-refractivity contribution >= 4 is 5.91 Å². The van der Waals surface area contributed by atoms with Gasteiger partial charge in [0.2, 0.25) is 0 Å². The molecule has 0 atom stereocenters. The lowest BCUT2D eigenvalue weighted by molar-refractivity contribution is 0.0650. The molecule has 0 radical (unpaired) electrons. The van der Waals surface area contributed by atoms with E-state index in [9.17, 15) is 9.18 Å². The molecule has 0 aliphatic heterocycles. The van der Waals surface area contributed by atoms with Gasteiger partial charge in [-0.15, -0.1) is 0 Å². The third-order valence-electron chi connectivity index (χ3n) is 4.01. The molecule has 1 heterocycles. The number of amides is 1. The number of carbonyl (C=O) groups is 1. The highest BCUT2D eigenvalue weighted by Crippen LogP contribution is 2.23. The van der Waals surface area contributed by atoms with Crippen LogP contribution in [0.5, 0.6) is 0 Å². The molecule has 0 unspecified atom stereocenters. The number of hydrogen-bond donors (Lipinski definition) is 0. The van der Waals surface area contributed by atoms with E-state index in [1.807, 2.05) is 30.3 Å². The summed E-state index contributed by atoms with van der Waals surface area (Å²) in [6, 6.07) is 19.1. The first-order valence-corrected chi connectivity index (χ1v) is 8.35. The quantitative estimate of drug-likeness (QED) is 0.633. The number of ether oxygens (including phenoxy) is 1. The highest BCUT2D eigenvalue weighted by atomic mass is 19.1. The molecule has 4 nitrogen and oxygen atoms in total. The molecule has 3 aromatic rings. The minimum Gasteiger partial charge on any atom is -0.451 e. The Morgan fingerprint density at radius 3 is 2.46 bits per heavy atom. The lowest BCUT2D eigenvalue weighted by Crippen LogP contribution is -2.33. The molecule has 26 heavy (non-hydrogen) atoms. The highest BCUT2D eigenvalue weighted by molar-refractivity contribution is 5.92. The second-order valence-corrected chi connectivity index (χ2v) is 5.88. The van der Waals surface area contributed by atoms with Crippen molar-refractivity contribution in [2.75, 3.05) is 20.3 Å². The fourth-order valence-electron chi connectivity index (χ4n) is 2.64. The van der Waals surface area contributed by atoms with Crippen LogP contribution in [0.2, 0.25) is 0 Å². The van der Waals surface area contributed by atoms with E-state index in [-0.39, 0.29) is 17.5 Å². The van der Waals surface area contributed by atoms with Crippen LogP contribution in [0.3, 0.4) is 0 Å². The van der Waals surface area contributed by atoms with Crippen molar-refractivity contribution < 1.29 is 18.3 Å². The molecule has 5 heteroatoms. The van der Waals surface area contributed by atoms with Crippen LogP contribution in [-0.4, -0.2) is 31.1 Å². The van der Waals surface area contributed by atoms with Crippen molar-refractivity contribution in [1.29, 1.82) is 0 Å². The Hall–Kier alpha value is -2.92. The van der Waals surface area contributed by atoms with E-state index in [2.05, 4.69) is 0 Å². The van der Waals surface area contributed by atoms with Gasteiger partial charge in [0, 0.05) is 25.8 Å². The fraction of sp³-hybridized carbons (Fsp3) is 0.190. The van der Waals surface area contributed by atoms with E-state index >= 15 is 0 Å². The third-order valence-corrected chi connectivity index (χ3v) is 4.01. The van der Waals surface area contributed by atoms with Crippen LogP contribution in [0.15, 0.2) is 71.1 Å². The van der Waals surface area contributed by atoms with Gasteiger partial charge in [-0.2, -0.15) is 0 Å². The van der Waals surface area contributed by atoms with E-state index in [0.717, 1.165) is 11.1 Å². The predicted molar refractivity (Wildman–Crippen MR) is 97.2 cm³/mol. The minimum atomic E-state index is -0.315. The van der Waals surface area contributed by atoms with Gasteiger partial charge in [0.25, 0.3) is 5.91 Å². The average Bonchev–Trinajstić information content (AvgIpc) is 3.16. The summed E-state index contributed by atoms with van der Waals surface area (Å²) in [5.41, 5.74) is 1.75. The normalized spacial score (nSPS) is 10.7. The number of nitrogens with zero attached hydrogens (tertiary/aromatic N) is 1. The summed E-state index contributed by atoms with van der Waals surface area (Å²) in [5.74, 6) is 0.251. The Labute approximate surface area is 151 Å². The maximum Gasteiger partial charge on any atom is 0.289 e. The monoisotopic (exact) mass is 353 g/mol. The summed E-state index contributed by atoms with van der Waals surface area (Å²) >= 11 is 0. The van der Waals surface area contributed by atoms with Crippen molar-refractivity contribution in [3.05, 3.63) is 83.9 Å². The summed E-state index contributed by atoms with van der Waals surface area (Å²) in [6.45, 7) is 1.36. The van der Waals surface area contributed by atoms with Crippen molar-refractivity contribution in [3.63, 3.8) is 0 Å². The Bertz CT molecular complexity index is 843. The molecule has 0 aliphatic carbocycles. The molecule has 0 saturated carbocycles.